The maximum absolute atomic E-state index is 5.01. The second kappa shape index (κ2) is 12.2. The Bertz CT molecular complexity index is 2860. The lowest BCUT2D eigenvalue weighted by Crippen LogP contribution is -2.17. The van der Waals surface area contributed by atoms with Crippen LogP contribution in [-0.4, -0.2) is 4.98 Å². The number of pyridine rings is 1. The van der Waals surface area contributed by atoms with Crippen LogP contribution in [0.5, 0.6) is 0 Å². The van der Waals surface area contributed by atoms with Crippen LogP contribution < -0.4 is 4.90 Å². The summed E-state index contributed by atoms with van der Waals surface area (Å²) in [5, 5.41) is 0. The van der Waals surface area contributed by atoms with Crippen LogP contribution in [0.3, 0.4) is 0 Å². The topological polar surface area (TPSA) is 16.1 Å². The van der Waals surface area contributed by atoms with Crippen molar-refractivity contribution in [2.75, 3.05) is 4.90 Å². The summed E-state index contributed by atoms with van der Waals surface area (Å²) in [7, 11) is 0. The van der Waals surface area contributed by atoms with Gasteiger partial charge >= 0.3 is 0 Å². The third kappa shape index (κ3) is 4.94. The average Bonchev–Trinajstić information content (AvgIpc) is 3.73. The molecule has 0 saturated heterocycles. The molecule has 2 nitrogen and oxygen atoms in total. The summed E-state index contributed by atoms with van der Waals surface area (Å²) in [6, 6.07) is 61.3. The molecule has 0 fully saturated rings. The summed E-state index contributed by atoms with van der Waals surface area (Å²) >= 11 is 0. The van der Waals surface area contributed by atoms with E-state index in [9.17, 15) is 0 Å². The molecule has 0 atom stereocenters. The first kappa shape index (κ1) is 34.7. The van der Waals surface area contributed by atoms with Crippen LogP contribution in [0.2, 0.25) is 0 Å². The number of benzene rings is 7. The molecule has 0 amide bonds. The Morgan fingerprint density at radius 1 is 0.328 bits per heavy atom. The van der Waals surface area contributed by atoms with E-state index in [0.717, 1.165) is 17.2 Å². The molecule has 280 valence electrons. The monoisotopic (exact) mass is 746 g/mol. The van der Waals surface area contributed by atoms with Crippen LogP contribution in [0.1, 0.15) is 74.9 Å². The van der Waals surface area contributed by atoms with Gasteiger partial charge in [-0.15, -0.1) is 0 Å². The zero-order chi connectivity index (χ0) is 39.6. The Hall–Kier alpha value is -6.51. The number of aromatic nitrogens is 1. The highest BCUT2D eigenvalue weighted by molar-refractivity contribution is 5.91. The molecule has 0 spiro atoms. The highest BCUT2D eigenvalue weighted by Crippen LogP contribution is 2.53. The molecule has 11 rings (SSSR count). The van der Waals surface area contributed by atoms with Gasteiger partial charge in [-0.05, 0) is 144 Å². The van der Waals surface area contributed by atoms with Crippen molar-refractivity contribution in [2.45, 2.75) is 57.8 Å². The summed E-state index contributed by atoms with van der Waals surface area (Å²) in [5.74, 6) is 0.884. The molecule has 2 heteroatoms. The van der Waals surface area contributed by atoms with Crippen LogP contribution in [0.25, 0.3) is 55.6 Å². The number of fused-ring (bicyclic) bond motifs is 9. The van der Waals surface area contributed by atoms with Crippen LogP contribution in [0, 0.1) is 0 Å². The van der Waals surface area contributed by atoms with Crippen molar-refractivity contribution in [3.8, 4) is 55.6 Å². The van der Waals surface area contributed by atoms with E-state index in [1.807, 2.05) is 12.3 Å². The summed E-state index contributed by atoms with van der Waals surface area (Å²) in [4.78, 5) is 7.36. The molecule has 7 aromatic carbocycles. The van der Waals surface area contributed by atoms with E-state index in [2.05, 4.69) is 204 Å². The number of anilines is 3. The summed E-state index contributed by atoms with van der Waals surface area (Å²) in [6.45, 7) is 14.2. The second-order valence-corrected chi connectivity index (χ2v) is 18.1. The van der Waals surface area contributed by atoms with Gasteiger partial charge in [0.1, 0.15) is 5.82 Å². The van der Waals surface area contributed by atoms with Crippen molar-refractivity contribution in [3.05, 3.63) is 203 Å². The van der Waals surface area contributed by atoms with Crippen LogP contribution in [0.4, 0.5) is 17.2 Å². The fourth-order valence-electron chi connectivity index (χ4n) is 10.6. The molecule has 58 heavy (non-hydrogen) atoms. The van der Waals surface area contributed by atoms with Gasteiger partial charge in [-0.25, -0.2) is 4.98 Å². The summed E-state index contributed by atoms with van der Waals surface area (Å²) in [6.07, 6.45) is 1.90. The van der Waals surface area contributed by atoms with E-state index in [4.69, 9.17) is 4.98 Å². The second-order valence-electron chi connectivity index (χ2n) is 18.1. The van der Waals surface area contributed by atoms with Crippen LogP contribution in [-0.2, 0) is 16.2 Å². The zero-order valence-electron chi connectivity index (χ0n) is 34.1. The third-order valence-corrected chi connectivity index (χ3v) is 13.7. The SMILES string of the molecule is CC1(C)c2ccccc2-c2ccc(-c3cc(-c4ccc5c(c4)C(C)(C)c4ccccc4-5)cc(N(c4ccc5c(c4)C(C)(C)c4ccccc4-5)c4ccccn4)c3)cc21. The lowest BCUT2D eigenvalue weighted by Gasteiger charge is -2.28. The number of hydrogen-bond donors (Lipinski definition) is 0. The smallest absolute Gasteiger partial charge is 0.137 e. The molecular weight excluding hydrogens is 701 g/mol. The molecule has 3 aliphatic rings. The van der Waals surface area contributed by atoms with Crippen molar-refractivity contribution in [1.29, 1.82) is 0 Å². The van der Waals surface area contributed by atoms with Gasteiger partial charge in [0.2, 0.25) is 0 Å². The number of rotatable bonds is 5. The molecule has 0 N–H and O–H groups in total. The Labute approximate surface area is 342 Å². The molecule has 3 aliphatic carbocycles. The van der Waals surface area contributed by atoms with Gasteiger partial charge in [0.25, 0.3) is 0 Å². The Kier molecular flexibility index (Phi) is 7.33. The lowest BCUT2D eigenvalue weighted by molar-refractivity contribution is 0.660. The van der Waals surface area contributed by atoms with Gasteiger partial charge in [-0.3, -0.25) is 4.90 Å². The van der Waals surface area contributed by atoms with Gasteiger partial charge < -0.3 is 0 Å². The third-order valence-electron chi connectivity index (χ3n) is 13.7. The molecule has 0 aliphatic heterocycles. The van der Waals surface area contributed by atoms with Gasteiger partial charge in [-0.1, -0.05) is 151 Å². The van der Waals surface area contributed by atoms with Crippen LogP contribution >= 0.6 is 0 Å². The van der Waals surface area contributed by atoms with E-state index in [1.54, 1.807) is 0 Å². The molecule has 0 unspecified atom stereocenters. The van der Waals surface area contributed by atoms with Crippen molar-refractivity contribution < 1.29 is 0 Å². The Morgan fingerprint density at radius 3 is 1.21 bits per heavy atom. The zero-order valence-corrected chi connectivity index (χ0v) is 34.1. The fourth-order valence-corrected chi connectivity index (χ4v) is 10.6. The standard InChI is InChI=1S/C56H46N2/c1-54(2)47-18-10-7-15-41(47)44-25-22-35(32-50(44)54)37-29-38(36-23-26-45-42-16-8-11-19-48(42)55(3,4)51(45)33-36)31-40(30-37)58(53-21-13-14-28-57-53)39-24-27-46-43-17-9-12-20-49(43)56(5,6)52(46)34-39/h7-34H,1-6H3. The van der Waals surface area contributed by atoms with E-state index >= 15 is 0 Å². The molecule has 1 aromatic heterocycles. The quantitative estimate of drug-likeness (QED) is 0.174. The molecule has 0 radical (unpaired) electrons. The van der Waals surface area contributed by atoms with E-state index in [1.165, 1.54) is 89.0 Å². The molecule has 1 heterocycles. The maximum Gasteiger partial charge on any atom is 0.137 e. The summed E-state index contributed by atoms with van der Waals surface area (Å²) in [5.41, 5.74) is 22.8. The summed E-state index contributed by atoms with van der Waals surface area (Å²) < 4.78 is 0. The first-order valence-corrected chi connectivity index (χ1v) is 20.6. The highest BCUT2D eigenvalue weighted by atomic mass is 15.2. The van der Waals surface area contributed by atoms with Crippen molar-refractivity contribution in [2.24, 2.45) is 0 Å². The minimum absolute atomic E-state index is 0.0995. The molecular formula is C56H46N2. The average molecular weight is 747 g/mol. The normalized spacial score (nSPS) is 15.5. The largest absolute Gasteiger partial charge is 0.295 e. The van der Waals surface area contributed by atoms with Gasteiger partial charge in [0.05, 0.1) is 0 Å². The Balaban J connectivity index is 1.13. The maximum atomic E-state index is 5.01. The van der Waals surface area contributed by atoms with E-state index in [-0.39, 0.29) is 16.2 Å². The Morgan fingerprint density at radius 2 is 0.741 bits per heavy atom. The minimum atomic E-state index is -0.131. The number of hydrogen-bond acceptors (Lipinski definition) is 2. The minimum Gasteiger partial charge on any atom is -0.295 e. The van der Waals surface area contributed by atoms with Crippen molar-refractivity contribution >= 4 is 17.2 Å². The molecule has 8 aromatic rings. The van der Waals surface area contributed by atoms with Gasteiger partial charge in [-0.2, -0.15) is 0 Å². The van der Waals surface area contributed by atoms with Crippen molar-refractivity contribution in [3.63, 3.8) is 0 Å². The van der Waals surface area contributed by atoms with Crippen LogP contribution in [0.15, 0.2) is 170 Å². The van der Waals surface area contributed by atoms with E-state index < -0.39 is 0 Å². The highest BCUT2D eigenvalue weighted by Gasteiger charge is 2.38. The van der Waals surface area contributed by atoms with E-state index in [0.29, 0.717) is 0 Å². The lowest BCUT2D eigenvalue weighted by atomic mass is 9.81. The first-order chi connectivity index (χ1) is 28.0. The van der Waals surface area contributed by atoms with Gasteiger partial charge in [0, 0.05) is 33.8 Å². The van der Waals surface area contributed by atoms with Gasteiger partial charge in [0.15, 0.2) is 0 Å². The predicted molar refractivity (Wildman–Crippen MR) is 242 cm³/mol. The predicted octanol–water partition coefficient (Wildman–Crippen LogP) is 14.8. The fraction of sp³-hybridized carbons (Fsp3) is 0.161. The first-order valence-electron chi connectivity index (χ1n) is 20.6. The molecule has 0 saturated carbocycles. The van der Waals surface area contributed by atoms with Crippen molar-refractivity contribution in [1.82, 2.24) is 4.98 Å². The number of nitrogens with zero attached hydrogens (tertiary/aromatic N) is 2. The molecule has 0 bridgehead atoms.